The van der Waals surface area contributed by atoms with Crippen molar-refractivity contribution in [3.8, 4) is 0 Å². The van der Waals surface area contributed by atoms with Crippen molar-refractivity contribution in [2.45, 2.75) is 13.8 Å². The number of carboxylic acids is 1. The molecular formula is C4H10NiO3. The second-order valence-corrected chi connectivity index (χ2v) is 0.835. The first kappa shape index (κ1) is 15.7. The van der Waals surface area contributed by atoms with Gasteiger partial charge in [-0.15, -0.1) is 0 Å². The van der Waals surface area contributed by atoms with Gasteiger partial charge in [0.15, 0.2) is 0 Å². The van der Waals surface area contributed by atoms with Gasteiger partial charge >= 0.3 is 0 Å². The molecule has 0 aromatic carbocycles. The van der Waals surface area contributed by atoms with Gasteiger partial charge in [-0.25, -0.2) is 0 Å². The average Bonchev–Trinajstić information content (AvgIpc) is 1.33. The zero-order valence-electron chi connectivity index (χ0n) is 4.83. The summed E-state index contributed by atoms with van der Waals surface area (Å²) in [4.78, 5) is 9.00. The summed E-state index contributed by atoms with van der Waals surface area (Å²) in [7, 11) is 0. The number of hydrogen-bond acceptors (Lipinski definition) is 2. The second-order valence-electron chi connectivity index (χ2n) is 0.835. The minimum absolute atomic E-state index is 0. The van der Waals surface area contributed by atoms with Crippen LogP contribution >= 0.6 is 0 Å². The minimum Gasteiger partial charge on any atom is -0.481 e. The first-order valence-corrected chi connectivity index (χ1v) is 1.95. The molecule has 0 atom stereocenters. The Balaban J connectivity index is -0.0000000575. The summed E-state index contributed by atoms with van der Waals surface area (Å²) < 4.78 is 0. The molecule has 4 heteroatoms. The van der Waals surface area contributed by atoms with Crippen molar-refractivity contribution in [1.29, 1.82) is 0 Å². The number of aliphatic hydroxyl groups is 1. The van der Waals surface area contributed by atoms with Gasteiger partial charge in [0, 0.05) is 30.0 Å². The number of carbonyl (C=O) groups is 1. The molecule has 0 unspecified atom stereocenters. The molecule has 3 nitrogen and oxygen atoms in total. The van der Waals surface area contributed by atoms with Crippen molar-refractivity contribution >= 4 is 5.97 Å². The fourth-order valence-electron chi connectivity index (χ4n) is 0. The molecule has 0 aliphatic carbocycles. The van der Waals surface area contributed by atoms with Crippen LogP contribution in [0.4, 0.5) is 0 Å². The van der Waals surface area contributed by atoms with Crippen LogP contribution in [-0.4, -0.2) is 22.8 Å². The topological polar surface area (TPSA) is 57.5 Å². The number of rotatable bonds is 0. The van der Waals surface area contributed by atoms with E-state index in [2.05, 4.69) is 0 Å². The third-order valence-corrected chi connectivity index (χ3v) is 0. The van der Waals surface area contributed by atoms with E-state index in [9.17, 15) is 0 Å². The van der Waals surface area contributed by atoms with Crippen molar-refractivity contribution in [3.63, 3.8) is 0 Å². The molecule has 0 fully saturated rings. The molecule has 0 heterocycles. The normalized spacial score (nSPS) is 5.38. The Morgan fingerprint density at radius 3 is 1.62 bits per heavy atom. The molecule has 0 saturated heterocycles. The van der Waals surface area contributed by atoms with Gasteiger partial charge in [0.1, 0.15) is 0 Å². The van der Waals surface area contributed by atoms with Gasteiger partial charge in [0.25, 0.3) is 5.97 Å². The number of hydrogen-bond donors (Lipinski definition) is 2. The van der Waals surface area contributed by atoms with Crippen LogP contribution in [0.2, 0.25) is 0 Å². The van der Waals surface area contributed by atoms with E-state index in [1.807, 2.05) is 0 Å². The third-order valence-electron chi connectivity index (χ3n) is 0. The van der Waals surface area contributed by atoms with E-state index in [0.717, 1.165) is 6.92 Å². The van der Waals surface area contributed by atoms with Gasteiger partial charge in [-0.3, -0.25) is 4.79 Å². The summed E-state index contributed by atoms with van der Waals surface area (Å²) in [5.41, 5.74) is 0. The van der Waals surface area contributed by atoms with Crippen molar-refractivity contribution in [2.24, 2.45) is 0 Å². The summed E-state index contributed by atoms with van der Waals surface area (Å²) in [6.45, 7) is 3.01. The molecule has 0 saturated carbocycles. The Labute approximate surface area is 58.6 Å². The molecule has 8 heavy (non-hydrogen) atoms. The van der Waals surface area contributed by atoms with Crippen molar-refractivity contribution in [1.82, 2.24) is 0 Å². The maximum absolute atomic E-state index is 9.00. The van der Waals surface area contributed by atoms with Gasteiger partial charge in [0.2, 0.25) is 0 Å². The Hall–Kier alpha value is -0.0765. The molecule has 0 spiro atoms. The van der Waals surface area contributed by atoms with E-state index in [-0.39, 0.29) is 23.1 Å². The monoisotopic (exact) mass is 164 g/mol. The first-order valence-electron chi connectivity index (χ1n) is 1.95. The number of aliphatic carboxylic acids is 1. The largest absolute Gasteiger partial charge is 0.481 e. The molecule has 0 amide bonds. The molecule has 0 rings (SSSR count). The predicted octanol–water partition coefficient (Wildman–Crippen LogP) is 0.0870. The molecular weight excluding hydrogens is 155 g/mol. The van der Waals surface area contributed by atoms with Gasteiger partial charge in [-0.1, -0.05) is 0 Å². The van der Waals surface area contributed by atoms with E-state index in [1.54, 1.807) is 6.92 Å². The number of carboxylic acid groups (broad SMARTS) is 1. The van der Waals surface area contributed by atoms with Gasteiger partial charge in [-0.05, 0) is 6.92 Å². The Kier molecular flexibility index (Phi) is 30.9. The molecule has 0 bridgehead atoms. The van der Waals surface area contributed by atoms with Crippen molar-refractivity contribution in [2.75, 3.05) is 6.61 Å². The third kappa shape index (κ3) is 24500. The summed E-state index contributed by atoms with van der Waals surface area (Å²) in [6.07, 6.45) is 0. The predicted molar refractivity (Wildman–Crippen MR) is 26.1 cm³/mol. The van der Waals surface area contributed by atoms with E-state index in [1.165, 1.54) is 0 Å². The van der Waals surface area contributed by atoms with Crippen LogP contribution in [0, 0.1) is 0 Å². The van der Waals surface area contributed by atoms with Gasteiger partial charge in [0.05, 0.1) is 0 Å². The maximum atomic E-state index is 9.00. The smallest absolute Gasteiger partial charge is 0.300 e. The standard InChI is InChI=1S/C2H4O2.C2H6O.Ni/c1-2(3)4;1-2-3;/h1H3,(H,3,4);3H,2H2,1H3;. The molecule has 2 N–H and O–H groups in total. The maximum Gasteiger partial charge on any atom is 0.300 e. The van der Waals surface area contributed by atoms with Crippen LogP contribution in [0.3, 0.4) is 0 Å². The summed E-state index contributed by atoms with van der Waals surface area (Å²) in [5.74, 6) is -0.833. The Morgan fingerprint density at radius 1 is 1.62 bits per heavy atom. The van der Waals surface area contributed by atoms with Gasteiger partial charge < -0.3 is 10.2 Å². The van der Waals surface area contributed by atoms with Crippen LogP contribution < -0.4 is 0 Å². The fraction of sp³-hybridized carbons (Fsp3) is 0.750. The van der Waals surface area contributed by atoms with Crippen LogP contribution in [0.15, 0.2) is 0 Å². The van der Waals surface area contributed by atoms with Gasteiger partial charge in [-0.2, -0.15) is 0 Å². The zero-order valence-corrected chi connectivity index (χ0v) is 5.81. The van der Waals surface area contributed by atoms with E-state index >= 15 is 0 Å². The molecule has 0 aliphatic heterocycles. The van der Waals surface area contributed by atoms with Crippen molar-refractivity contribution < 1.29 is 31.5 Å². The molecule has 0 aliphatic rings. The van der Waals surface area contributed by atoms with E-state index in [4.69, 9.17) is 15.0 Å². The SMILES string of the molecule is CC(=O)O.CCO.[Ni]. The fourth-order valence-corrected chi connectivity index (χ4v) is 0. The van der Waals surface area contributed by atoms with E-state index in [0.29, 0.717) is 0 Å². The second kappa shape index (κ2) is 15.8. The summed E-state index contributed by atoms with van der Waals surface area (Å²) in [6, 6.07) is 0. The summed E-state index contributed by atoms with van der Waals surface area (Å²) >= 11 is 0. The zero-order chi connectivity index (χ0) is 6.28. The first-order chi connectivity index (χ1) is 3.15. The Morgan fingerprint density at radius 2 is 1.62 bits per heavy atom. The average molecular weight is 165 g/mol. The number of aliphatic hydroxyl groups excluding tert-OH is 1. The van der Waals surface area contributed by atoms with Crippen molar-refractivity contribution in [3.05, 3.63) is 0 Å². The van der Waals surface area contributed by atoms with Crippen LogP contribution in [0.1, 0.15) is 13.8 Å². The molecule has 0 aromatic rings. The quantitative estimate of drug-likeness (QED) is 0.499. The van der Waals surface area contributed by atoms with Crippen LogP contribution in [0.5, 0.6) is 0 Å². The molecule has 0 radical (unpaired) electrons. The molecule has 54 valence electrons. The van der Waals surface area contributed by atoms with E-state index < -0.39 is 5.97 Å². The Bertz CT molecular complexity index is 42.5. The molecule has 0 aromatic heterocycles. The summed E-state index contributed by atoms with van der Waals surface area (Å²) in [5, 5.41) is 15.0. The van der Waals surface area contributed by atoms with Crippen LogP contribution in [0.25, 0.3) is 0 Å². The van der Waals surface area contributed by atoms with Crippen LogP contribution in [-0.2, 0) is 21.3 Å². The minimum atomic E-state index is -0.833.